The molecule has 2 aliphatic rings. The third kappa shape index (κ3) is 15.1. The van der Waals surface area contributed by atoms with Gasteiger partial charge in [0.15, 0.2) is 6.17 Å². The Hall–Kier alpha value is -7.47. The maximum absolute atomic E-state index is 15.4. The summed E-state index contributed by atoms with van der Waals surface area (Å²) in [4.78, 5) is 95.5. The summed E-state index contributed by atoms with van der Waals surface area (Å²) in [6.07, 6.45) is -3.64. The summed E-state index contributed by atoms with van der Waals surface area (Å²) < 4.78 is 64.3. The van der Waals surface area contributed by atoms with Gasteiger partial charge in [0, 0.05) is 76.4 Å². The number of hydrogen-bond donors (Lipinski definition) is 5. The average molecular weight is 1080 g/mol. The molecule has 0 unspecified atom stereocenters. The number of rotatable bonds is 20. The lowest BCUT2D eigenvalue weighted by atomic mass is 9.85. The molecule has 0 aliphatic carbocycles. The van der Waals surface area contributed by atoms with Gasteiger partial charge in [-0.1, -0.05) is 57.2 Å². The first-order valence-corrected chi connectivity index (χ1v) is 25.5. The van der Waals surface area contributed by atoms with Crippen LogP contribution in [0.15, 0.2) is 78.8 Å². The van der Waals surface area contributed by atoms with Crippen molar-refractivity contribution in [3.63, 3.8) is 0 Å². The number of piperidine rings is 1. The molecule has 5 atom stereocenters. The van der Waals surface area contributed by atoms with Crippen LogP contribution in [0, 0.1) is 12.3 Å². The van der Waals surface area contributed by atoms with Crippen LogP contribution in [0.1, 0.15) is 80.1 Å². The number of hydrogen-bond acceptors (Lipinski definition) is 13. The summed E-state index contributed by atoms with van der Waals surface area (Å²) >= 11 is 1.54. The number of ether oxygens (including phenoxy) is 2. The minimum absolute atomic E-state index is 0.00349. The first-order valence-electron chi connectivity index (χ1n) is 24.6. The van der Waals surface area contributed by atoms with E-state index in [4.69, 9.17) is 10.5 Å². The number of alkyl halides is 4. The molecule has 5 heterocycles. The van der Waals surface area contributed by atoms with Crippen molar-refractivity contribution in [2.24, 2.45) is 11.1 Å². The lowest BCUT2D eigenvalue weighted by Gasteiger charge is -2.35. The summed E-state index contributed by atoms with van der Waals surface area (Å²) in [5, 5.41) is 19.0. The van der Waals surface area contributed by atoms with E-state index in [0.29, 0.717) is 29.8 Å². The van der Waals surface area contributed by atoms with E-state index in [1.165, 1.54) is 40.5 Å². The molecule has 2 saturated heterocycles. The zero-order valence-corrected chi connectivity index (χ0v) is 43.1. The van der Waals surface area contributed by atoms with Gasteiger partial charge >= 0.3 is 6.36 Å². The fourth-order valence-corrected chi connectivity index (χ4v) is 9.63. The molecule has 76 heavy (non-hydrogen) atoms. The zero-order valence-electron chi connectivity index (χ0n) is 42.3. The number of aromatic nitrogens is 4. The molecule has 24 heteroatoms. The highest BCUT2D eigenvalue weighted by Gasteiger charge is 2.44. The van der Waals surface area contributed by atoms with Gasteiger partial charge in [0.25, 0.3) is 5.91 Å². The van der Waals surface area contributed by atoms with Gasteiger partial charge in [-0.3, -0.25) is 28.8 Å². The monoisotopic (exact) mass is 1080 g/mol. The number of β-amino-alcohol motifs (C(OH)–C–C–N with tert-alkyl or cyclic N) is 1. The highest BCUT2D eigenvalue weighted by atomic mass is 32.1. The topological polar surface area (TPSA) is 253 Å². The van der Waals surface area contributed by atoms with Crippen molar-refractivity contribution in [2.75, 3.05) is 26.2 Å². The number of carbonyl (C=O) groups is 6. The van der Waals surface area contributed by atoms with Gasteiger partial charge in [0.05, 0.1) is 47.2 Å². The Morgan fingerprint density at radius 2 is 1.64 bits per heavy atom. The van der Waals surface area contributed by atoms with E-state index < -0.39 is 77.5 Å². The van der Waals surface area contributed by atoms with Crippen molar-refractivity contribution >= 4 is 46.8 Å². The van der Waals surface area contributed by atoms with Crippen LogP contribution >= 0.6 is 11.3 Å². The number of aliphatic hydroxyl groups is 1. The molecule has 7 rings (SSSR count). The van der Waals surface area contributed by atoms with Gasteiger partial charge in [-0.25, -0.2) is 19.3 Å². The fraction of sp³-hybridized carbons (Fsp3) is 0.442. The average Bonchev–Trinajstić information content (AvgIpc) is 4.13. The third-order valence-electron chi connectivity index (χ3n) is 12.9. The number of carbonyl (C=O) groups excluding carboxylic acids is 6. The predicted octanol–water partition coefficient (Wildman–Crippen LogP) is 5.03. The largest absolute Gasteiger partial charge is 0.573 e. The molecule has 6 N–H and O–H groups in total. The van der Waals surface area contributed by atoms with Crippen molar-refractivity contribution in [1.82, 2.24) is 45.3 Å². The number of aliphatic hydroxyl groups excluding tert-OH is 1. The van der Waals surface area contributed by atoms with Crippen LogP contribution in [0.4, 0.5) is 17.6 Å². The van der Waals surface area contributed by atoms with E-state index >= 15 is 4.39 Å². The number of halogens is 4. The van der Waals surface area contributed by atoms with Crippen LogP contribution in [0.3, 0.4) is 0 Å². The van der Waals surface area contributed by atoms with Crippen molar-refractivity contribution < 1.29 is 60.9 Å². The maximum Gasteiger partial charge on any atom is 0.573 e. The quantitative estimate of drug-likeness (QED) is 0.0644. The zero-order chi connectivity index (χ0) is 54.9. The smallest absolute Gasteiger partial charge is 0.471 e. The summed E-state index contributed by atoms with van der Waals surface area (Å²) in [7, 11) is 0. The number of primary amides is 1. The summed E-state index contributed by atoms with van der Waals surface area (Å²) in [5.41, 5.74) is 10.6. The van der Waals surface area contributed by atoms with Crippen LogP contribution in [0.5, 0.6) is 11.6 Å². The highest BCUT2D eigenvalue weighted by molar-refractivity contribution is 7.13. The highest BCUT2D eigenvalue weighted by Crippen LogP contribution is 2.31. The SMILES string of the molecule is Cc1ncsc1-c1ccc(CNC(=O)[C@@H]2C[C@@H](O)CN2C(=O)[C@@H](NC(=O)CCNC(=O)CCCn2cnc(-c3cnc(O[C@@H]4CCN(C(=O)Cc5ccc(OC(F)(F)F)cc5)C[C@H]4F)c(C(N)=O)c3)c2)C(C)(C)C)cc1. The van der Waals surface area contributed by atoms with Crippen LogP contribution in [0.2, 0.25) is 0 Å². The molecule has 2 aliphatic heterocycles. The number of aryl methyl sites for hydroxylation is 2. The standard InChI is InChI=1S/C52H60F4N10O9S/c1-30-45(76-29-62-30)33-11-7-32(8-12-33)23-59-48(72)40-22-35(67)25-66(40)50(73)46(51(2,3)4)63-43(69)15-17-58-42(68)6-5-18-64-27-39(61-28-64)34-21-37(47(57)71)49(60-24-34)74-41-16-19-65(26-38(41)53)44(70)20-31-9-13-36(14-10-31)75-52(54,55)56/h7-14,21,24,27-29,35,38,40-41,46,67H,5-6,15-20,22-23,25-26H2,1-4H3,(H2,57,71)(H,58,68)(H,59,72)(H,63,69)/t35-,38-,40+,41-,46-/m1/s1. The number of amides is 6. The van der Waals surface area contributed by atoms with Crippen LogP contribution in [-0.4, -0.2) is 133 Å². The maximum atomic E-state index is 15.4. The number of benzene rings is 2. The number of imidazole rings is 1. The van der Waals surface area contributed by atoms with Gasteiger partial charge in [0.1, 0.15) is 29.5 Å². The predicted molar refractivity (Wildman–Crippen MR) is 270 cm³/mol. The van der Waals surface area contributed by atoms with Gasteiger partial charge in [-0.2, -0.15) is 0 Å². The van der Waals surface area contributed by atoms with Crippen molar-refractivity contribution in [3.05, 3.63) is 101 Å². The van der Waals surface area contributed by atoms with E-state index in [1.54, 1.807) is 48.4 Å². The molecule has 19 nitrogen and oxygen atoms in total. The van der Waals surface area contributed by atoms with Crippen molar-refractivity contribution in [1.29, 1.82) is 0 Å². The number of likely N-dealkylation sites (tertiary alicyclic amines) is 2. The second-order valence-corrected chi connectivity index (χ2v) is 20.6. The molecule has 0 bridgehead atoms. The Labute approximate surface area is 439 Å². The lowest BCUT2D eigenvalue weighted by Crippen LogP contribution is -2.57. The number of pyridine rings is 1. The summed E-state index contributed by atoms with van der Waals surface area (Å²) in [6, 6.07) is 12.0. The van der Waals surface area contributed by atoms with Crippen molar-refractivity contribution in [3.8, 4) is 33.3 Å². The Morgan fingerprint density at radius 3 is 2.30 bits per heavy atom. The Balaban J connectivity index is 0.829. The van der Waals surface area contributed by atoms with Gasteiger partial charge in [-0.15, -0.1) is 24.5 Å². The number of nitrogens with zero attached hydrogens (tertiary/aromatic N) is 6. The molecule has 0 saturated carbocycles. The van der Waals surface area contributed by atoms with E-state index in [-0.39, 0.29) is 82.2 Å². The number of nitrogens with one attached hydrogen (secondary N) is 3. The van der Waals surface area contributed by atoms with E-state index in [0.717, 1.165) is 33.8 Å². The third-order valence-corrected chi connectivity index (χ3v) is 13.8. The minimum atomic E-state index is -4.86. The molecule has 2 aromatic carbocycles. The molecule has 406 valence electrons. The lowest BCUT2D eigenvalue weighted by molar-refractivity contribution is -0.274. The molecule has 0 radical (unpaired) electrons. The molecule has 5 aromatic rings. The van der Waals surface area contributed by atoms with Gasteiger partial charge in [0.2, 0.25) is 35.4 Å². The van der Waals surface area contributed by atoms with Crippen molar-refractivity contribution in [2.45, 2.75) is 116 Å². The molecular weight excluding hydrogens is 1020 g/mol. The van der Waals surface area contributed by atoms with Gasteiger partial charge < -0.3 is 50.6 Å². The second kappa shape index (κ2) is 24.5. The Bertz CT molecular complexity index is 2870. The molecule has 3 aromatic heterocycles. The normalized spacial score (nSPS) is 18.2. The Morgan fingerprint density at radius 1 is 0.921 bits per heavy atom. The fourth-order valence-electron chi connectivity index (χ4n) is 8.82. The second-order valence-electron chi connectivity index (χ2n) is 19.8. The Kier molecular flexibility index (Phi) is 18.1. The summed E-state index contributed by atoms with van der Waals surface area (Å²) in [6.45, 7) is 7.58. The summed E-state index contributed by atoms with van der Waals surface area (Å²) in [5.74, 6) is -3.69. The van der Waals surface area contributed by atoms with E-state index in [9.17, 15) is 47.0 Å². The van der Waals surface area contributed by atoms with Crippen LogP contribution in [-0.2, 0) is 43.5 Å². The van der Waals surface area contributed by atoms with E-state index in [1.807, 2.05) is 31.2 Å². The first kappa shape index (κ1) is 56.3. The van der Waals surface area contributed by atoms with Crippen LogP contribution in [0.25, 0.3) is 21.7 Å². The first-order chi connectivity index (χ1) is 36.0. The molecule has 6 amide bonds. The number of thiazole rings is 1. The van der Waals surface area contributed by atoms with Gasteiger partial charge in [-0.05, 0) is 53.6 Å². The van der Waals surface area contributed by atoms with Crippen LogP contribution < -0.4 is 31.2 Å². The number of nitrogens with two attached hydrogens (primary N) is 1. The molecule has 0 spiro atoms. The molecular formula is C52H60F4N10O9S. The minimum Gasteiger partial charge on any atom is -0.471 e. The molecule has 2 fully saturated rings. The van der Waals surface area contributed by atoms with E-state index in [2.05, 4.69) is 35.6 Å².